The van der Waals surface area contributed by atoms with Crippen LogP contribution in [0.1, 0.15) is 30.6 Å². The molecule has 1 unspecified atom stereocenters. The SMILES string of the molecule is CCCNc1ccc(C(=O)NCC(C)SC)cc1. The summed E-state index contributed by atoms with van der Waals surface area (Å²) in [6.07, 6.45) is 3.14. The first kappa shape index (κ1) is 14.9. The van der Waals surface area contributed by atoms with Crippen molar-refractivity contribution in [2.45, 2.75) is 25.5 Å². The summed E-state index contributed by atoms with van der Waals surface area (Å²) in [6.45, 7) is 5.89. The lowest BCUT2D eigenvalue weighted by Crippen LogP contribution is -2.29. The van der Waals surface area contributed by atoms with Gasteiger partial charge in [-0.15, -0.1) is 0 Å². The molecule has 1 aromatic rings. The highest BCUT2D eigenvalue weighted by Gasteiger charge is 2.06. The van der Waals surface area contributed by atoms with Crippen LogP contribution in [-0.2, 0) is 0 Å². The maximum atomic E-state index is 11.8. The predicted octanol–water partition coefficient (Wildman–Crippen LogP) is 2.99. The molecule has 4 heteroatoms. The lowest BCUT2D eigenvalue weighted by molar-refractivity contribution is 0.0954. The smallest absolute Gasteiger partial charge is 0.251 e. The normalized spacial score (nSPS) is 11.9. The number of nitrogens with one attached hydrogen (secondary N) is 2. The Morgan fingerprint density at radius 2 is 2.00 bits per heavy atom. The molecule has 3 nitrogen and oxygen atoms in total. The molecule has 1 amide bonds. The fraction of sp³-hybridized carbons (Fsp3) is 0.500. The fourth-order valence-electron chi connectivity index (χ4n) is 1.43. The highest BCUT2D eigenvalue weighted by molar-refractivity contribution is 7.99. The highest BCUT2D eigenvalue weighted by atomic mass is 32.2. The maximum absolute atomic E-state index is 11.8. The first-order valence-corrected chi connectivity index (χ1v) is 7.61. The molecule has 2 N–H and O–H groups in total. The van der Waals surface area contributed by atoms with E-state index in [2.05, 4.69) is 24.5 Å². The summed E-state index contributed by atoms with van der Waals surface area (Å²) >= 11 is 1.75. The molecule has 1 atom stereocenters. The average Bonchev–Trinajstić information content (AvgIpc) is 2.42. The molecule has 0 saturated heterocycles. The van der Waals surface area contributed by atoms with E-state index in [0.29, 0.717) is 17.4 Å². The first-order valence-electron chi connectivity index (χ1n) is 6.32. The van der Waals surface area contributed by atoms with E-state index in [1.807, 2.05) is 30.5 Å². The van der Waals surface area contributed by atoms with Crippen LogP contribution in [0.15, 0.2) is 24.3 Å². The van der Waals surface area contributed by atoms with E-state index in [-0.39, 0.29) is 5.91 Å². The van der Waals surface area contributed by atoms with Gasteiger partial charge in [-0.05, 0) is 36.9 Å². The lowest BCUT2D eigenvalue weighted by Gasteiger charge is -2.10. The quantitative estimate of drug-likeness (QED) is 0.797. The van der Waals surface area contributed by atoms with Gasteiger partial charge in [0.25, 0.3) is 5.91 Å². The number of anilines is 1. The molecular formula is C14H22N2OS. The second-order valence-electron chi connectivity index (χ2n) is 4.26. The largest absolute Gasteiger partial charge is 0.385 e. The Kier molecular flexibility index (Phi) is 6.65. The van der Waals surface area contributed by atoms with Crippen LogP contribution in [0.4, 0.5) is 5.69 Å². The zero-order valence-electron chi connectivity index (χ0n) is 11.3. The fourth-order valence-corrected chi connectivity index (χ4v) is 1.68. The molecule has 0 aromatic heterocycles. The summed E-state index contributed by atoms with van der Waals surface area (Å²) in [6, 6.07) is 7.61. The van der Waals surface area contributed by atoms with Crippen LogP contribution in [0.2, 0.25) is 0 Å². The van der Waals surface area contributed by atoms with Crippen molar-refractivity contribution in [3.8, 4) is 0 Å². The Hall–Kier alpha value is -1.16. The van der Waals surface area contributed by atoms with Crippen molar-refractivity contribution >= 4 is 23.4 Å². The van der Waals surface area contributed by atoms with E-state index in [1.165, 1.54) is 0 Å². The topological polar surface area (TPSA) is 41.1 Å². The summed E-state index contributed by atoms with van der Waals surface area (Å²) in [5.74, 6) is -0.00191. The van der Waals surface area contributed by atoms with Crippen molar-refractivity contribution in [2.24, 2.45) is 0 Å². The number of hydrogen-bond donors (Lipinski definition) is 2. The average molecular weight is 266 g/mol. The van der Waals surface area contributed by atoms with Gasteiger partial charge < -0.3 is 10.6 Å². The molecule has 100 valence electrons. The summed E-state index contributed by atoms with van der Waals surface area (Å²) < 4.78 is 0. The summed E-state index contributed by atoms with van der Waals surface area (Å²) in [5.41, 5.74) is 1.77. The molecule has 0 aliphatic rings. The van der Waals surface area contributed by atoms with E-state index < -0.39 is 0 Å². The van der Waals surface area contributed by atoms with Gasteiger partial charge in [0.15, 0.2) is 0 Å². The molecule has 1 rings (SSSR count). The summed E-state index contributed by atoms with van der Waals surface area (Å²) in [5, 5.41) is 6.66. The van der Waals surface area contributed by atoms with Gasteiger partial charge in [0, 0.05) is 29.6 Å². The molecule has 0 aliphatic heterocycles. The number of rotatable bonds is 7. The Morgan fingerprint density at radius 3 is 2.56 bits per heavy atom. The minimum atomic E-state index is -0.00191. The van der Waals surface area contributed by atoms with Crippen LogP contribution in [-0.4, -0.2) is 30.5 Å². The van der Waals surface area contributed by atoms with Gasteiger partial charge in [-0.1, -0.05) is 13.8 Å². The number of amides is 1. The molecule has 0 bridgehead atoms. The van der Waals surface area contributed by atoms with Gasteiger partial charge in [0.05, 0.1) is 0 Å². The Morgan fingerprint density at radius 1 is 1.33 bits per heavy atom. The van der Waals surface area contributed by atoms with Crippen molar-refractivity contribution < 1.29 is 4.79 Å². The summed E-state index contributed by atoms with van der Waals surface area (Å²) in [4.78, 5) is 11.8. The van der Waals surface area contributed by atoms with Crippen molar-refractivity contribution in [1.29, 1.82) is 0 Å². The first-order chi connectivity index (χ1) is 8.67. The second-order valence-corrected chi connectivity index (χ2v) is 5.54. The van der Waals surface area contributed by atoms with Gasteiger partial charge in [0.1, 0.15) is 0 Å². The van der Waals surface area contributed by atoms with Crippen LogP contribution in [0, 0.1) is 0 Å². The maximum Gasteiger partial charge on any atom is 0.251 e. The van der Waals surface area contributed by atoms with Gasteiger partial charge >= 0.3 is 0 Å². The minimum absolute atomic E-state index is 0.00191. The zero-order valence-corrected chi connectivity index (χ0v) is 12.1. The highest BCUT2D eigenvalue weighted by Crippen LogP contribution is 2.10. The van der Waals surface area contributed by atoms with Crippen molar-refractivity contribution in [2.75, 3.05) is 24.7 Å². The number of carbonyl (C=O) groups is 1. The van der Waals surface area contributed by atoms with Crippen LogP contribution in [0.5, 0.6) is 0 Å². The third-order valence-electron chi connectivity index (χ3n) is 2.68. The van der Waals surface area contributed by atoms with Gasteiger partial charge in [-0.2, -0.15) is 11.8 Å². The van der Waals surface area contributed by atoms with E-state index in [9.17, 15) is 4.79 Å². The summed E-state index contributed by atoms with van der Waals surface area (Å²) in [7, 11) is 0. The van der Waals surface area contributed by atoms with Crippen LogP contribution < -0.4 is 10.6 Å². The van der Waals surface area contributed by atoms with E-state index >= 15 is 0 Å². The van der Waals surface area contributed by atoms with E-state index in [4.69, 9.17) is 0 Å². The van der Waals surface area contributed by atoms with Crippen LogP contribution >= 0.6 is 11.8 Å². The van der Waals surface area contributed by atoms with Gasteiger partial charge in [-0.25, -0.2) is 0 Å². The monoisotopic (exact) mass is 266 g/mol. The van der Waals surface area contributed by atoms with Gasteiger partial charge in [0.2, 0.25) is 0 Å². The van der Waals surface area contributed by atoms with E-state index in [0.717, 1.165) is 18.7 Å². The molecule has 0 saturated carbocycles. The van der Waals surface area contributed by atoms with Crippen molar-refractivity contribution in [1.82, 2.24) is 5.32 Å². The molecule has 0 fully saturated rings. The predicted molar refractivity (Wildman–Crippen MR) is 80.5 cm³/mol. The van der Waals surface area contributed by atoms with Crippen molar-refractivity contribution in [3.05, 3.63) is 29.8 Å². The molecule has 0 heterocycles. The van der Waals surface area contributed by atoms with Crippen molar-refractivity contribution in [3.63, 3.8) is 0 Å². The molecule has 0 radical (unpaired) electrons. The number of benzene rings is 1. The zero-order chi connectivity index (χ0) is 13.4. The third kappa shape index (κ3) is 5.00. The Balaban J connectivity index is 2.48. The lowest BCUT2D eigenvalue weighted by atomic mass is 10.2. The van der Waals surface area contributed by atoms with Crippen LogP contribution in [0.3, 0.4) is 0 Å². The molecule has 1 aromatic carbocycles. The molecule has 0 aliphatic carbocycles. The standard InChI is InChI=1S/C14H22N2OS/c1-4-9-15-13-7-5-12(6-8-13)14(17)16-10-11(2)18-3/h5-8,11,15H,4,9-10H2,1-3H3,(H,16,17). The molecular weight excluding hydrogens is 244 g/mol. The van der Waals surface area contributed by atoms with Gasteiger partial charge in [-0.3, -0.25) is 4.79 Å². The molecule has 18 heavy (non-hydrogen) atoms. The Labute approximate surface area is 114 Å². The van der Waals surface area contributed by atoms with Crippen LogP contribution in [0.25, 0.3) is 0 Å². The molecule has 0 spiro atoms. The number of hydrogen-bond acceptors (Lipinski definition) is 3. The number of carbonyl (C=O) groups excluding carboxylic acids is 1. The Bertz CT molecular complexity index is 365. The number of thioether (sulfide) groups is 1. The van der Waals surface area contributed by atoms with E-state index in [1.54, 1.807) is 11.8 Å². The second kappa shape index (κ2) is 8.03. The third-order valence-corrected chi connectivity index (χ3v) is 3.65. The minimum Gasteiger partial charge on any atom is -0.385 e.